The van der Waals surface area contributed by atoms with Crippen molar-refractivity contribution in [1.29, 1.82) is 0 Å². The van der Waals surface area contributed by atoms with E-state index in [2.05, 4.69) is 42.7 Å². The Bertz CT molecular complexity index is 524. The zero-order valence-corrected chi connectivity index (χ0v) is 17.3. The molecular formula is C23H40N2O. The van der Waals surface area contributed by atoms with Gasteiger partial charge in [-0.2, -0.15) is 0 Å². The molecule has 0 heterocycles. The summed E-state index contributed by atoms with van der Waals surface area (Å²) in [6.07, 6.45) is 15.9. The summed E-state index contributed by atoms with van der Waals surface area (Å²) >= 11 is 0. The Balaban J connectivity index is 1.85. The summed E-state index contributed by atoms with van der Waals surface area (Å²) in [5, 5.41) is 18.1. The summed E-state index contributed by atoms with van der Waals surface area (Å²) in [5.74, 6) is 2.87. The first kappa shape index (κ1) is 20.1. The molecule has 148 valence electrons. The third kappa shape index (κ3) is 4.43. The van der Waals surface area contributed by atoms with Crippen molar-refractivity contribution in [3.05, 3.63) is 23.8 Å². The highest BCUT2D eigenvalue weighted by atomic mass is 16.3. The van der Waals surface area contributed by atoms with Crippen molar-refractivity contribution >= 4 is 0 Å². The van der Waals surface area contributed by atoms with Crippen molar-refractivity contribution < 1.29 is 5.11 Å². The minimum atomic E-state index is -0.603. The zero-order chi connectivity index (χ0) is 18.7. The standard InChI is InChI=1S/C23H40N2O/c1-16-9-11-21(23(3,26)14-16)18-10-12-22(25-15-24-4)20(13-18)19-8-6-5-7-17(19)2/h9,11,13,16-17,19-22,24-26H,5-8,10,12,14-15H2,1-4H3. The van der Waals surface area contributed by atoms with E-state index in [1.165, 1.54) is 37.7 Å². The van der Waals surface area contributed by atoms with E-state index in [1.54, 1.807) is 0 Å². The fourth-order valence-electron chi connectivity index (χ4n) is 5.91. The molecule has 0 spiro atoms. The third-order valence-corrected chi connectivity index (χ3v) is 7.27. The molecule has 3 aliphatic rings. The Morgan fingerprint density at radius 3 is 2.62 bits per heavy atom. The van der Waals surface area contributed by atoms with Crippen LogP contribution in [0.3, 0.4) is 0 Å². The lowest BCUT2D eigenvalue weighted by atomic mass is 9.64. The second-order valence-electron chi connectivity index (χ2n) is 9.53. The maximum absolute atomic E-state index is 11.1. The highest BCUT2D eigenvalue weighted by Gasteiger charge is 2.40. The van der Waals surface area contributed by atoms with Crippen LogP contribution in [0.4, 0.5) is 0 Å². The number of hydrogen-bond acceptors (Lipinski definition) is 3. The molecule has 0 aromatic heterocycles. The van der Waals surface area contributed by atoms with Crippen molar-refractivity contribution in [3.63, 3.8) is 0 Å². The Morgan fingerprint density at radius 2 is 1.92 bits per heavy atom. The number of aliphatic hydroxyl groups is 1. The van der Waals surface area contributed by atoms with Gasteiger partial charge in [-0.3, -0.25) is 0 Å². The van der Waals surface area contributed by atoms with Crippen molar-refractivity contribution in [2.24, 2.45) is 29.6 Å². The number of rotatable bonds is 5. The number of hydrogen-bond donors (Lipinski definition) is 3. The van der Waals surface area contributed by atoms with Crippen LogP contribution in [-0.4, -0.2) is 30.5 Å². The van der Waals surface area contributed by atoms with Crippen LogP contribution in [0, 0.1) is 29.6 Å². The lowest BCUT2D eigenvalue weighted by Gasteiger charge is -2.44. The van der Waals surface area contributed by atoms with E-state index in [4.69, 9.17) is 0 Å². The third-order valence-electron chi connectivity index (χ3n) is 7.27. The first-order chi connectivity index (χ1) is 12.4. The van der Waals surface area contributed by atoms with E-state index in [0.717, 1.165) is 31.3 Å². The number of allylic oxidation sites excluding steroid dienone is 1. The predicted molar refractivity (Wildman–Crippen MR) is 110 cm³/mol. The quantitative estimate of drug-likeness (QED) is 0.507. The van der Waals surface area contributed by atoms with Crippen LogP contribution in [0.25, 0.3) is 0 Å². The van der Waals surface area contributed by atoms with Crippen LogP contribution < -0.4 is 10.6 Å². The van der Waals surface area contributed by atoms with Crippen LogP contribution in [0.15, 0.2) is 23.8 Å². The molecular weight excluding hydrogens is 320 g/mol. The molecule has 26 heavy (non-hydrogen) atoms. The molecule has 0 amide bonds. The molecule has 0 aromatic rings. The highest BCUT2D eigenvalue weighted by Crippen LogP contribution is 2.45. The molecule has 0 bridgehead atoms. The summed E-state index contributed by atoms with van der Waals surface area (Å²) < 4.78 is 0. The Hall–Kier alpha value is -0.640. The molecule has 3 aliphatic carbocycles. The van der Waals surface area contributed by atoms with Crippen molar-refractivity contribution in [3.8, 4) is 0 Å². The van der Waals surface area contributed by atoms with Crippen LogP contribution in [0.5, 0.6) is 0 Å². The van der Waals surface area contributed by atoms with E-state index in [0.29, 0.717) is 17.9 Å². The van der Waals surface area contributed by atoms with Crippen LogP contribution >= 0.6 is 0 Å². The van der Waals surface area contributed by atoms with E-state index in [-0.39, 0.29) is 5.92 Å². The molecule has 0 saturated heterocycles. The van der Waals surface area contributed by atoms with E-state index in [9.17, 15) is 5.11 Å². The Kier molecular flexibility index (Phi) is 6.63. The average molecular weight is 361 g/mol. The molecule has 3 N–H and O–H groups in total. The Morgan fingerprint density at radius 1 is 1.15 bits per heavy atom. The molecule has 0 aliphatic heterocycles. The predicted octanol–water partition coefficient (Wildman–Crippen LogP) is 4.25. The average Bonchev–Trinajstić information content (AvgIpc) is 2.60. The van der Waals surface area contributed by atoms with Crippen molar-refractivity contribution in [1.82, 2.24) is 10.6 Å². The summed E-state index contributed by atoms with van der Waals surface area (Å²) in [4.78, 5) is 0. The van der Waals surface area contributed by atoms with E-state index < -0.39 is 5.60 Å². The van der Waals surface area contributed by atoms with Gasteiger partial charge in [-0.25, -0.2) is 0 Å². The number of nitrogens with one attached hydrogen (secondary N) is 2. The van der Waals surface area contributed by atoms with Crippen molar-refractivity contribution in [2.45, 2.75) is 77.4 Å². The molecule has 7 unspecified atom stereocenters. The summed E-state index contributed by atoms with van der Waals surface area (Å²) in [6, 6.07) is 0.563. The van der Waals surface area contributed by atoms with E-state index >= 15 is 0 Å². The fourth-order valence-corrected chi connectivity index (χ4v) is 5.91. The minimum absolute atomic E-state index is 0.199. The normalized spacial score (nSPS) is 44.0. The molecule has 3 rings (SSSR count). The maximum Gasteiger partial charge on any atom is 0.0724 e. The van der Waals surface area contributed by atoms with Gasteiger partial charge in [0.25, 0.3) is 0 Å². The topological polar surface area (TPSA) is 44.3 Å². The largest absolute Gasteiger partial charge is 0.389 e. The van der Waals surface area contributed by atoms with Gasteiger partial charge in [-0.1, -0.05) is 56.9 Å². The second-order valence-corrected chi connectivity index (χ2v) is 9.53. The van der Waals surface area contributed by atoms with Gasteiger partial charge in [0.2, 0.25) is 0 Å². The lowest BCUT2D eigenvalue weighted by Crippen LogP contribution is -2.47. The first-order valence-electron chi connectivity index (χ1n) is 10.9. The van der Waals surface area contributed by atoms with Gasteiger partial charge in [0.05, 0.1) is 5.60 Å². The monoisotopic (exact) mass is 360 g/mol. The van der Waals surface area contributed by atoms with Gasteiger partial charge >= 0.3 is 0 Å². The smallest absolute Gasteiger partial charge is 0.0724 e. The van der Waals surface area contributed by atoms with E-state index in [1.807, 2.05) is 14.0 Å². The molecule has 7 atom stereocenters. The van der Waals surface area contributed by atoms with Crippen LogP contribution in [0.1, 0.15) is 65.7 Å². The molecule has 0 radical (unpaired) electrons. The molecule has 3 nitrogen and oxygen atoms in total. The van der Waals surface area contributed by atoms with Gasteiger partial charge in [0.1, 0.15) is 0 Å². The first-order valence-corrected chi connectivity index (χ1v) is 10.9. The maximum atomic E-state index is 11.1. The van der Waals surface area contributed by atoms with Gasteiger partial charge in [0, 0.05) is 18.6 Å². The van der Waals surface area contributed by atoms with Gasteiger partial charge in [-0.15, -0.1) is 0 Å². The molecule has 3 heteroatoms. The summed E-state index contributed by atoms with van der Waals surface area (Å²) in [7, 11) is 2.01. The van der Waals surface area contributed by atoms with Crippen molar-refractivity contribution in [2.75, 3.05) is 13.7 Å². The SMILES string of the molecule is CNCNC1CCC(C2C=CC(C)CC2(C)O)=CC1C1CCCCC1C. The van der Waals surface area contributed by atoms with Gasteiger partial charge < -0.3 is 15.7 Å². The highest BCUT2D eigenvalue weighted by molar-refractivity contribution is 5.26. The Labute approximate surface area is 160 Å². The summed E-state index contributed by atoms with van der Waals surface area (Å²) in [5.41, 5.74) is 0.886. The second kappa shape index (κ2) is 8.58. The van der Waals surface area contributed by atoms with Crippen LogP contribution in [-0.2, 0) is 0 Å². The fraction of sp³-hybridized carbons (Fsp3) is 0.826. The summed E-state index contributed by atoms with van der Waals surface area (Å²) in [6.45, 7) is 7.59. The lowest BCUT2D eigenvalue weighted by molar-refractivity contribution is 0.00506. The molecule has 1 saturated carbocycles. The van der Waals surface area contributed by atoms with Crippen LogP contribution in [0.2, 0.25) is 0 Å². The minimum Gasteiger partial charge on any atom is -0.389 e. The van der Waals surface area contributed by atoms with Gasteiger partial charge in [-0.05, 0) is 63.3 Å². The molecule has 0 aromatic carbocycles. The van der Waals surface area contributed by atoms with Gasteiger partial charge in [0.15, 0.2) is 0 Å². The molecule has 1 fully saturated rings. The zero-order valence-electron chi connectivity index (χ0n) is 17.3.